The summed E-state index contributed by atoms with van der Waals surface area (Å²) in [6.45, 7) is 3.16. The molecule has 0 unspecified atom stereocenters. The average molecular weight is 383 g/mol. The molecule has 1 aromatic carbocycles. The van der Waals surface area contributed by atoms with Crippen molar-refractivity contribution in [2.75, 3.05) is 6.54 Å². The number of aromatic nitrogens is 3. The highest BCUT2D eigenvalue weighted by Gasteiger charge is 2.30. The molecule has 2 heterocycles. The van der Waals surface area contributed by atoms with Gasteiger partial charge in [0.2, 0.25) is 11.7 Å². The number of carbonyl (C=O) groups is 2. The van der Waals surface area contributed by atoms with Gasteiger partial charge in [0.1, 0.15) is 6.54 Å². The van der Waals surface area contributed by atoms with Crippen molar-refractivity contribution >= 4 is 11.8 Å². The molecule has 4 rings (SSSR count). The minimum absolute atomic E-state index is 0.109. The van der Waals surface area contributed by atoms with E-state index in [9.17, 15) is 14.4 Å². The van der Waals surface area contributed by atoms with Gasteiger partial charge in [-0.25, -0.2) is 9.48 Å². The highest BCUT2D eigenvalue weighted by molar-refractivity contribution is 5.91. The highest BCUT2D eigenvalue weighted by Crippen LogP contribution is 2.17. The van der Waals surface area contributed by atoms with Crippen LogP contribution >= 0.6 is 0 Å². The molecule has 0 spiro atoms. The van der Waals surface area contributed by atoms with Crippen LogP contribution in [-0.2, 0) is 24.4 Å². The summed E-state index contributed by atoms with van der Waals surface area (Å²) >= 11 is 0. The van der Waals surface area contributed by atoms with E-state index >= 15 is 0 Å². The molecule has 1 aliphatic heterocycles. The maximum atomic E-state index is 12.8. The summed E-state index contributed by atoms with van der Waals surface area (Å²) in [6.07, 6.45) is 4.20. The minimum Gasteiger partial charge on any atom is -0.352 e. The normalized spacial score (nSPS) is 17.0. The van der Waals surface area contributed by atoms with Gasteiger partial charge in [0.05, 0.1) is 0 Å². The Kier molecular flexibility index (Phi) is 5.02. The fraction of sp³-hybridized carbons (Fsp3) is 0.500. The second-order valence-corrected chi connectivity index (χ2v) is 7.68. The zero-order valence-electron chi connectivity index (χ0n) is 16.1. The first-order valence-corrected chi connectivity index (χ1v) is 9.83. The van der Waals surface area contributed by atoms with Crippen LogP contribution in [0, 0.1) is 6.92 Å². The molecule has 1 N–H and O–H groups in total. The molecule has 1 aliphatic carbocycles. The number of hydrogen-bond acceptors (Lipinski definition) is 4. The lowest BCUT2D eigenvalue weighted by molar-refractivity contribution is -0.122. The lowest BCUT2D eigenvalue weighted by Crippen LogP contribution is -2.42. The number of nitrogens with one attached hydrogen (secondary N) is 1. The monoisotopic (exact) mass is 383 g/mol. The molecule has 0 saturated heterocycles. The number of aryl methyl sites for hydroxylation is 1. The van der Waals surface area contributed by atoms with E-state index in [0.717, 1.165) is 41.5 Å². The van der Waals surface area contributed by atoms with E-state index in [-0.39, 0.29) is 30.2 Å². The van der Waals surface area contributed by atoms with Gasteiger partial charge >= 0.3 is 5.69 Å². The van der Waals surface area contributed by atoms with Crippen LogP contribution in [0.1, 0.15) is 47.4 Å². The van der Waals surface area contributed by atoms with Crippen molar-refractivity contribution in [2.45, 2.75) is 58.3 Å². The summed E-state index contributed by atoms with van der Waals surface area (Å²) in [4.78, 5) is 39.3. The van der Waals surface area contributed by atoms with E-state index in [1.165, 1.54) is 4.57 Å². The molecule has 1 saturated carbocycles. The van der Waals surface area contributed by atoms with Crippen molar-refractivity contribution in [3.63, 3.8) is 0 Å². The third kappa shape index (κ3) is 3.72. The number of rotatable bonds is 5. The Bertz CT molecular complexity index is 955. The number of nitrogens with zero attached hydrogens (tertiary/aromatic N) is 4. The second-order valence-electron chi connectivity index (χ2n) is 7.68. The van der Waals surface area contributed by atoms with E-state index in [1.807, 2.05) is 31.2 Å². The van der Waals surface area contributed by atoms with Crippen LogP contribution in [-0.4, -0.2) is 43.6 Å². The van der Waals surface area contributed by atoms with Crippen molar-refractivity contribution in [1.29, 1.82) is 0 Å². The third-order valence-corrected chi connectivity index (χ3v) is 5.46. The van der Waals surface area contributed by atoms with Gasteiger partial charge in [-0.1, -0.05) is 42.7 Å². The Morgan fingerprint density at radius 1 is 1.21 bits per heavy atom. The fourth-order valence-corrected chi connectivity index (χ4v) is 4.03. The number of fused-ring (bicyclic) bond motifs is 1. The first-order valence-electron chi connectivity index (χ1n) is 9.83. The first kappa shape index (κ1) is 18.5. The van der Waals surface area contributed by atoms with Crippen LogP contribution in [0.5, 0.6) is 0 Å². The molecule has 28 heavy (non-hydrogen) atoms. The second kappa shape index (κ2) is 7.61. The summed E-state index contributed by atoms with van der Waals surface area (Å²) in [5, 5.41) is 7.12. The van der Waals surface area contributed by atoms with Crippen molar-refractivity contribution in [1.82, 2.24) is 24.6 Å². The van der Waals surface area contributed by atoms with Crippen LogP contribution < -0.4 is 11.0 Å². The van der Waals surface area contributed by atoms with Crippen molar-refractivity contribution in [3.05, 3.63) is 51.7 Å². The lowest BCUT2D eigenvalue weighted by Gasteiger charge is -2.26. The number of benzene rings is 1. The Hall–Kier alpha value is -2.90. The molecule has 8 nitrogen and oxygen atoms in total. The van der Waals surface area contributed by atoms with Gasteiger partial charge in [-0.05, 0) is 25.3 Å². The zero-order chi connectivity index (χ0) is 19.7. The molecule has 1 fully saturated rings. The molecular formula is C20H25N5O3. The molecule has 0 atom stereocenters. The van der Waals surface area contributed by atoms with Crippen molar-refractivity contribution in [3.8, 4) is 0 Å². The van der Waals surface area contributed by atoms with Crippen LogP contribution in [0.25, 0.3) is 0 Å². The van der Waals surface area contributed by atoms with E-state index in [2.05, 4.69) is 10.4 Å². The SMILES string of the molecule is Cc1cccc(CN2CCn3c(nn(CC(=O)NC4CCCC4)c3=O)C2=O)c1. The van der Waals surface area contributed by atoms with Crippen molar-refractivity contribution < 1.29 is 9.59 Å². The predicted octanol–water partition coefficient (Wildman–Crippen LogP) is 1.07. The van der Waals surface area contributed by atoms with E-state index in [1.54, 1.807) is 4.90 Å². The van der Waals surface area contributed by atoms with Crippen molar-refractivity contribution in [2.24, 2.45) is 0 Å². The molecule has 2 amide bonds. The zero-order valence-corrected chi connectivity index (χ0v) is 16.1. The van der Waals surface area contributed by atoms with E-state index < -0.39 is 5.69 Å². The van der Waals surface area contributed by atoms with Gasteiger partial charge in [0.15, 0.2) is 0 Å². The number of carbonyl (C=O) groups excluding carboxylic acids is 2. The molecule has 0 bridgehead atoms. The quantitative estimate of drug-likeness (QED) is 0.836. The molecule has 1 aromatic heterocycles. The van der Waals surface area contributed by atoms with Crippen LogP contribution in [0.4, 0.5) is 0 Å². The average Bonchev–Trinajstić information content (AvgIpc) is 3.27. The van der Waals surface area contributed by atoms with Gasteiger partial charge in [0.25, 0.3) is 5.91 Å². The van der Waals surface area contributed by atoms with E-state index in [0.29, 0.717) is 19.6 Å². The van der Waals surface area contributed by atoms with Gasteiger partial charge in [-0.2, -0.15) is 0 Å². The fourth-order valence-electron chi connectivity index (χ4n) is 4.03. The lowest BCUT2D eigenvalue weighted by atomic mass is 10.1. The summed E-state index contributed by atoms with van der Waals surface area (Å²) in [5.41, 5.74) is 1.77. The molecule has 8 heteroatoms. The van der Waals surface area contributed by atoms with Gasteiger partial charge in [-0.3, -0.25) is 14.2 Å². The Morgan fingerprint density at radius 3 is 2.75 bits per heavy atom. The minimum atomic E-state index is -0.403. The largest absolute Gasteiger partial charge is 0.352 e. The molecule has 2 aromatic rings. The van der Waals surface area contributed by atoms with Crippen LogP contribution in [0.3, 0.4) is 0 Å². The standard InChI is InChI=1S/C20H25N5O3/c1-14-5-4-6-15(11-14)12-23-9-10-24-18(19(23)27)22-25(20(24)28)13-17(26)21-16-7-2-3-8-16/h4-6,11,16H,2-3,7-10,12-13H2,1H3,(H,21,26). The third-order valence-electron chi connectivity index (χ3n) is 5.46. The Balaban J connectivity index is 1.47. The molecule has 148 valence electrons. The number of hydrogen-bond donors (Lipinski definition) is 1. The first-order chi connectivity index (χ1) is 13.5. The molecule has 0 radical (unpaired) electrons. The maximum Gasteiger partial charge on any atom is 0.346 e. The summed E-state index contributed by atoms with van der Waals surface area (Å²) in [6, 6.07) is 8.19. The maximum absolute atomic E-state index is 12.8. The Morgan fingerprint density at radius 2 is 2.00 bits per heavy atom. The van der Waals surface area contributed by atoms with Crippen LogP contribution in [0.2, 0.25) is 0 Å². The summed E-state index contributed by atoms with van der Waals surface area (Å²) in [5.74, 6) is -0.397. The van der Waals surface area contributed by atoms with Gasteiger partial charge in [-0.15, -0.1) is 5.10 Å². The smallest absolute Gasteiger partial charge is 0.346 e. The highest BCUT2D eigenvalue weighted by atomic mass is 16.2. The summed E-state index contributed by atoms with van der Waals surface area (Å²) in [7, 11) is 0. The number of amides is 2. The van der Waals surface area contributed by atoms with Crippen LogP contribution in [0.15, 0.2) is 29.1 Å². The predicted molar refractivity (Wildman–Crippen MR) is 103 cm³/mol. The Labute approximate surface area is 163 Å². The van der Waals surface area contributed by atoms with Gasteiger partial charge < -0.3 is 10.2 Å². The van der Waals surface area contributed by atoms with E-state index in [4.69, 9.17) is 0 Å². The van der Waals surface area contributed by atoms with Gasteiger partial charge in [0, 0.05) is 25.7 Å². The topological polar surface area (TPSA) is 89.2 Å². The molecule has 2 aliphatic rings. The summed E-state index contributed by atoms with van der Waals surface area (Å²) < 4.78 is 2.48. The molecular weight excluding hydrogens is 358 g/mol.